The second-order valence-corrected chi connectivity index (χ2v) is 4.09. The molecule has 1 aliphatic heterocycles. The third kappa shape index (κ3) is 2.56. The number of rotatable bonds is 3. The van der Waals surface area contributed by atoms with Crippen LogP contribution in [0, 0.1) is 0 Å². The number of halogens is 1. The lowest BCUT2D eigenvalue weighted by Gasteiger charge is -2.02. The largest absolute Gasteiger partial charge is 0.371 e. The van der Waals surface area contributed by atoms with Crippen LogP contribution in [0.3, 0.4) is 0 Å². The molecule has 2 rings (SSSR count). The molecule has 1 aliphatic rings. The van der Waals surface area contributed by atoms with Gasteiger partial charge in [-0.3, -0.25) is 4.79 Å². The number of ether oxygens (including phenoxy) is 1. The van der Waals surface area contributed by atoms with E-state index in [1.54, 1.807) is 12.1 Å². The van der Waals surface area contributed by atoms with Crippen LogP contribution in [0.5, 0.6) is 0 Å². The summed E-state index contributed by atoms with van der Waals surface area (Å²) in [5.41, 5.74) is 0.667. The van der Waals surface area contributed by atoms with Crippen LogP contribution in [-0.4, -0.2) is 25.2 Å². The first kappa shape index (κ1) is 9.68. The van der Waals surface area contributed by atoms with Gasteiger partial charge in [-0.15, -0.1) is 0 Å². The number of nitrogens with one attached hydrogen (secondary N) is 1. The number of benzene rings is 1. The molecule has 1 N–H and O–H groups in total. The van der Waals surface area contributed by atoms with Crippen molar-refractivity contribution >= 4 is 21.8 Å². The molecule has 0 bridgehead atoms. The van der Waals surface area contributed by atoms with Crippen LogP contribution >= 0.6 is 15.9 Å². The number of hydrogen-bond acceptors (Lipinski definition) is 2. The highest BCUT2D eigenvalue weighted by molar-refractivity contribution is 9.10. The normalized spacial score (nSPS) is 19.1. The van der Waals surface area contributed by atoms with Crippen LogP contribution in [0.1, 0.15) is 10.4 Å². The van der Waals surface area contributed by atoms with E-state index in [-0.39, 0.29) is 12.0 Å². The van der Waals surface area contributed by atoms with Gasteiger partial charge in [0, 0.05) is 16.6 Å². The maximum absolute atomic E-state index is 11.5. The summed E-state index contributed by atoms with van der Waals surface area (Å²) in [5, 5.41) is 2.80. The molecule has 1 aromatic carbocycles. The van der Waals surface area contributed by atoms with E-state index in [9.17, 15) is 4.79 Å². The smallest absolute Gasteiger partial charge is 0.251 e. The molecule has 0 aromatic heterocycles. The summed E-state index contributed by atoms with van der Waals surface area (Å²) in [6, 6.07) is 7.31. The zero-order chi connectivity index (χ0) is 9.97. The Morgan fingerprint density at radius 1 is 1.64 bits per heavy atom. The average molecular weight is 256 g/mol. The van der Waals surface area contributed by atoms with Crippen molar-refractivity contribution in [3.05, 3.63) is 34.3 Å². The van der Waals surface area contributed by atoms with Crippen LogP contribution in [-0.2, 0) is 4.74 Å². The van der Waals surface area contributed by atoms with Crippen molar-refractivity contribution in [1.82, 2.24) is 5.32 Å². The minimum Gasteiger partial charge on any atom is -0.371 e. The van der Waals surface area contributed by atoms with E-state index in [1.165, 1.54) is 0 Å². The molecule has 0 unspecified atom stereocenters. The van der Waals surface area contributed by atoms with Gasteiger partial charge in [-0.1, -0.05) is 22.0 Å². The Morgan fingerprint density at radius 2 is 2.43 bits per heavy atom. The Kier molecular flexibility index (Phi) is 2.84. The molecule has 3 nitrogen and oxygen atoms in total. The van der Waals surface area contributed by atoms with E-state index in [2.05, 4.69) is 21.2 Å². The molecule has 1 fully saturated rings. The van der Waals surface area contributed by atoms with E-state index in [4.69, 9.17) is 4.74 Å². The summed E-state index contributed by atoms with van der Waals surface area (Å²) in [5.74, 6) is -0.0539. The molecule has 4 heteroatoms. The Labute approximate surface area is 90.6 Å². The minimum absolute atomic E-state index is 0.0539. The first-order chi connectivity index (χ1) is 6.75. The van der Waals surface area contributed by atoms with Crippen molar-refractivity contribution in [2.75, 3.05) is 13.2 Å². The highest BCUT2D eigenvalue weighted by Crippen LogP contribution is 2.12. The lowest BCUT2D eigenvalue weighted by Crippen LogP contribution is -2.27. The molecule has 1 amide bonds. The number of carbonyl (C=O) groups excluding carboxylic acids is 1. The van der Waals surface area contributed by atoms with Crippen LogP contribution in [0.2, 0.25) is 0 Å². The minimum atomic E-state index is -0.0539. The number of carbonyl (C=O) groups is 1. The lowest BCUT2D eigenvalue weighted by molar-refractivity contribution is 0.0950. The third-order valence-corrected chi connectivity index (χ3v) is 2.47. The second-order valence-electron chi connectivity index (χ2n) is 3.18. The Hall–Kier alpha value is -0.870. The predicted octanol–water partition coefficient (Wildman–Crippen LogP) is 1.58. The Balaban J connectivity index is 1.95. The van der Waals surface area contributed by atoms with E-state index in [1.807, 2.05) is 12.1 Å². The molecule has 0 saturated carbocycles. The fraction of sp³-hybridized carbons (Fsp3) is 0.300. The van der Waals surface area contributed by atoms with Gasteiger partial charge in [-0.25, -0.2) is 0 Å². The number of hydrogen-bond donors (Lipinski definition) is 1. The van der Waals surface area contributed by atoms with E-state index < -0.39 is 0 Å². The van der Waals surface area contributed by atoms with Gasteiger partial charge in [0.05, 0.1) is 12.7 Å². The molecule has 0 radical (unpaired) electrons. The maximum Gasteiger partial charge on any atom is 0.251 e. The molecule has 0 spiro atoms. The first-order valence-electron chi connectivity index (χ1n) is 4.41. The van der Waals surface area contributed by atoms with Gasteiger partial charge in [-0.05, 0) is 18.2 Å². The molecule has 14 heavy (non-hydrogen) atoms. The van der Waals surface area contributed by atoms with Gasteiger partial charge in [0.15, 0.2) is 0 Å². The standard InChI is InChI=1S/C10H10BrNO2/c11-8-3-1-2-7(4-8)10(13)12-5-9-6-14-9/h1-4,9H,5-6H2,(H,12,13)/t9-/m1/s1. The Bertz CT molecular complexity index is 350. The third-order valence-electron chi connectivity index (χ3n) is 1.98. The average Bonchev–Trinajstić information content (AvgIpc) is 2.97. The fourth-order valence-electron chi connectivity index (χ4n) is 1.12. The monoisotopic (exact) mass is 255 g/mol. The van der Waals surface area contributed by atoms with Gasteiger partial charge in [0.1, 0.15) is 0 Å². The summed E-state index contributed by atoms with van der Waals surface area (Å²) < 4.78 is 5.90. The summed E-state index contributed by atoms with van der Waals surface area (Å²) in [6.07, 6.45) is 0.228. The van der Waals surface area contributed by atoms with Crippen LogP contribution < -0.4 is 5.32 Å². The van der Waals surface area contributed by atoms with E-state index in [0.717, 1.165) is 11.1 Å². The highest BCUT2D eigenvalue weighted by Gasteiger charge is 2.22. The van der Waals surface area contributed by atoms with Crippen molar-refractivity contribution in [1.29, 1.82) is 0 Å². The lowest BCUT2D eigenvalue weighted by atomic mass is 10.2. The molecule has 1 heterocycles. The number of epoxide rings is 1. The summed E-state index contributed by atoms with van der Waals surface area (Å²) >= 11 is 3.32. The zero-order valence-corrected chi connectivity index (χ0v) is 9.08. The molecule has 1 aromatic rings. The van der Waals surface area contributed by atoms with Crippen molar-refractivity contribution in [3.63, 3.8) is 0 Å². The second kappa shape index (κ2) is 4.11. The first-order valence-corrected chi connectivity index (χ1v) is 5.20. The quantitative estimate of drug-likeness (QED) is 0.834. The highest BCUT2D eigenvalue weighted by atomic mass is 79.9. The zero-order valence-electron chi connectivity index (χ0n) is 7.50. The molecule has 0 aliphatic carbocycles. The van der Waals surface area contributed by atoms with Gasteiger partial charge in [0.2, 0.25) is 0 Å². The molecular formula is C10H10BrNO2. The van der Waals surface area contributed by atoms with Crippen molar-refractivity contribution in [2.45, 2.75) is 6.10 Å². The van der Waals surface area contributed by atoms with E-state index in [0.29, 0.717) is 12.1 Å². The Morgan fingerprint density at radius 3 is 3.07 bits per heavy atom. The van der Waals surface area contributed by atoms with Crippen LogP contribution in [0.4, 0.5) is 0 Å². The van der Waals surface area contributed by atoms with Crippen molar-refractivity contribution < 1.29 is 9.53 Å². The molecular weight excluding hydrogens is 246 g/mol. The van der Waals surface area contributed by atoms with Gasteiger partial charge in [0.25, 0.3) is 5.91 Å². The van der Waals surface area contributed by atoms with Gasteiger partial charge >= 0.3 is 0 Å². The summed E-state index contributed by atoms with van der Waals surface area (Å²) in [7, 11) is 0. The van der Waals surface area contributed by atoms with Crippen molar-refractivity contribution in [3.8, 4) is 0 Å². The topological polar surface area (TPSA) is 41.6 Å². The van der Waals surface area contributed by atoms with Gasteiger partial charge < -0.3 is 10.1 Å². The van der Waals surface area contributed by atoms with Gasteiger partial charge in [-0.2, -0.15) is 0 Å². The summed E-state index contributed by atoms with van der Waals surface area (Å²) in [4.78, 5) is 11.5. The van der Waals surface area contributed by atoms with Crippen LogP contribution in [0.25, 0.3) is 0 Å². The molecule has 74 valence electrons. The van der Waals surface area contributed by atoms with Crippen molar-refractivity contribution in [2.24, 2.45) is 0 Å². The fourth-order valence-corrected chi connectivity index (χ4v) is 1.52. The summed E-state index contributed by atoms with van der Waals surface area (Å²) in [6.45, 7) is 1.37. The maximum atomic E-state index is 11.5. The molecule has 1 saturated heterocycles. The molecule has 1 atom stereocenters. The predicted molar refractivity (Wildman–Crippen MR) is 56.2 cm³/mol. The SMILES string of the molecule is O=C(NC[C@@H]1CO1)c1cccc(Br)c1. The number of amides is 1. The van der Waals surface area contributed by atoms with Crippen LogP contribution in [0.15, 0.2) is 28.7 Å². The van der Waals surface area contributed by atoms with E-state index >= 15 is 0 Å².